The summed E-state index contributed by atoms with van der Waals surface area (Å²) in [4.78, 5) is 25.8. The fourth-order valence-corrected chi connectivity index (χ4v) is 4.03. The molecule has 0 saturated carbocycles. The molecule has 0 radical (unpaired) electrons. The van der Waals surface area contributed by atoms with Crippen molar-refractivity contribution in [2.45, 2.75) is 25.3 Å². The van der Waals surface area contributed by atoms with E-state index in [0.29, 0.717) is 24.6 Å². The number of ether oxygens (including phenoxy) is 1. The van der Waals surface area contributed by atoms with Gasteiger partial charge in [-0.05, 0) is 36.6 Å². The average Bonchev–Trinajstić information content (AvgIpc) is 3.31. The average molecular weight is 439 g/mol. The molecule has 1 saturated heterocycles. The minimum absolute atomic E-state index is 0.0205. The Hall–Kier alpha value is -3.49. The third-order valence-corrected chi connectivity index (χ3v) is 5.69. The van der Waals surface area contributed by atoms with Crippen LogP contribution in [0.1, 0.15) is 24.5 Å². The molecular weight excluding hydrogens is 411 g/mol. The van der Waals surface area contributed by atoms with Crippen molar-refractivity contribution in [3.63, 3.8) is 0 Å². The van der Waals surface area contributed by atoms with Gasteiger partial charge in [-0.1, -0.05) is 6.07 Å². The van der Waals surface area contributed by atoms with Crippen LogP contribution in [0.3, 0.4) is 0 Å². The molecule has 1 aliphatic rings. The number of halogens is 1. The summed E-state index contributed by atoms with van der Waals surface area (Å²) in [7, 11) is 5.20. The molecule has 3 aromatic rings. The van der Waals surface area contributed by atoms with E-state index in [4.69, 9.17) is 9.72 Å². The number of amides is 1. The fraction of sp³-hybridized carbons (Fsp3) is 0.391. The van der Waals surface area contributed by atoms with E-state index in [0.717, 1.165) is 24.1 Å². The maximum Gasteiger partial charge on any atom is 0.244 e. The van der Waals surface area contributed by atoms with E-state index in [-0.39, 0.29) is 24.1 Å². The number of benzene rings is 1. The minimum atomic E-state index is -0.438. The largest absolute Gasteiger partial charge is 0.494 e. The number of piperidine rings is 1. The van der Waals surface area contributed by atoms with E-state index >= 15 is 0 Å². The maximum atomic E-state index is 14.4. The summed E-state index contributed by atoms with van der Waals surface area (Å²) < 4.78 is 21.1. The summed E-state index contributed by atoms with van der Waals surface area (Å²) in [5, 5.41) is 4.13. The molecule has 9 heteroatoms. The Morgan fingerprint density at radius 1 is 1.34 bits per heavy atom. The second kappa shape index (κ2) is 9.33. The van der Waals surface area contributed by atoms with Crippen molar-refractivity contribution in [2.75, 3.05) is 39.2 Å². The van der Waals surface area contributed by atoms with E-state index in [1.807, 2.05) is 30.0 Å². The molecule has 1 aromatic carbocycles. The highest BCUT2D eigenvalue weighted by Gasteiger charge is 2.28. The van der Waals surface area contributed by atoms with Crippen LogP contribution in [-0.2, 0) is 11.3 Å². The van der Waals surface area contributed by atoms with Gasteiger partial charge in [0.1, 0.15) is 6.54 Å². The van der Waals surface area contributed by atoms with Crippen LogP contribution in [0.25, 0.3) is 11.1 Å². The van der Waals surface area contributed by atoms with Gasteiger partial charge in [0.2, 0.25) is 11.9 Å². The standard InChI is InChI=1S/C23H27FN6O2/c1-28(2)23-25-13-18(16-7-8-20(32-3)19(24)12-16)22(27-23)17-6-4-10-29(14-17)21(31)15-30-11-5-9-26-30/h5,7-9,11-13,17H,4,6,10,14-15H2,1-3H3/t17-/m0/s1. The molecule has 32 heavy (non-hydrogen) atoms. The Labute approximate surface area is 186 Å². The van der Waals surface area contributed by atoms with Gasteiger partial charge in [-0.25, -0.2) is 14.4 Å². The first-order valence-electron chi connectivity index (χ1n) is 10.6. The first-order chi connectivity index (χ1) is 15.5. The number of hydrogen-bond acceptors (Lipinski definition) is 6. The zero-order valence-corrected chi connectivity index (χ0v) is 18.5. The van der Waals surface area contributed by atoms with Crippen molar-refractivity contribution in [1.29, 1.82) is 0 Å². The molecule has 4 rings (SSSR count). The number of methoxy groups -OCH3 is 1. The van der Waals surface area contributed by atoms with Crippen LogP contribution in [0.2, 0.25) is 0 Å². The molecule has 0 aliphatic carbocycles. The lowest BCUT2D eigenvalue weighted by molar-refractivity contribution is -0.133. The molecule has 0 N–H and O–H groups in total. The SMILES string of the molecule is COc1ccc(-c2cnc(N(C)C)nc2[C@H]2CCCN(C(=O)Cn3cccn3)C2)cc1F. The van der Waals surface area contributed by atoms with E-state index in [1.165, 1.54) is 13.2 Å². The molecule has 168 valence electrons. The van der Waals surface area contributed by atoms with Crippen molar-refractivity contribution >= 4 is 11.9 Å². The van der Waals surface area contributed by atoms with Gasteiger partial charge in [0.05, 0.1) is 12.8 Å². The number of carbonyl (C=O) groups excluding carboxylic acids is 1. The Bertz CT molecular complexity index is 1090. The van der Waals surface area contributed by atoms with Crippen LogP contribution in [0.15, 0.2) is 42.9 Å². The highest BCUT2D eigenvalue weighted by atomic mass is 19.1. The normalized spacial score (nSPS) is 16.1. The molecule has 0 spiro atoms. The van der Waals surface area contributed by atoms with Crippen LogP contribution < -0.4 is 9.64 Å². The van der Waals surface area contributed by atoms with Crippen molar-refractivity contribution in [1.82, 2.24) is 24.6 Å². The molecule has 1 fully saturated rings. The lowest BCUT2D eigenvalue weighted by Crippen LogP contribution is -2.41. The molecule has 0 unspecified atom stereocenters. The number of anilines is 1. The van der Waals surface area contributed by atoms with Gasteiger partial charge in [-0.3, -0.25) is 9.48 Å². The third-order valence-electron chi connectivity index (χ3n) is 5.69. The lowest BCUT2D eigenvalue weighted by atomic mass is 9.89. The van der Waals surface area contributed by atoms with Gasteiger partial charge in [-0.15, -0.1) is 0 Å². The van der Waals surface area contributed by atoms with Gasteiger partial charge < -0.3 is 14.5 Å². The molecule has 8 nitrogen and oxygen atoms in total. The molecule has 3 heterocycles. The van der Waals surface area contributed by atoms with Crippen LogP contribution in [-0.4, -0.2) is 64.9 Å². The fourth-order valence-electron chi connectivity index (χ4n) is 4.03. The summed E-state index contributed by atoms with van der Waals surface area (Å²) in [6.45, 7) is 1.47. The molecule has 2 aromatic heterocycles. The molecule has 1 amide bonds. The highest BCUT2D eigenvalue weighted by molar-refractivity contribution is 5.76. The van der Waals surface area contributed by atoms with Gasteiger partial charge in [-0.2, -0.15) is 5.10 Å². The van der Waals surface area contributed by atoms with E-state index < -0.39 is 5.82 Å². The van der Waals surface area contributed by atoms with Crippen LogP contribution in [0, 0.1) is 5.82 Å². The summed E-state index contributed by atoms with van der Waals surface area (Å²) in [5.41, 5.74) is 2.27. The Kier molecular flexibility index (Phi) is 6.34. The minimum Gasteiger partial charge on any atom is -0.494 e. The second-order valence-corrected chi connectivity index (χ2v) is 8.10. The van der Waals surface area contributed by atoms with Crippen molar-refractivity contribution in [2.24, 2.45) is 0 Å². The van der Waals surface area contributed by atoms with Crippen molar-refractivity contribution in [3.8, 4) is 16.9 Å². The maximum absolute atomic E-state index is 14.4. The summed E-state index contributed by atoms with van der Waals surface area (Å²) >= 11 is 0. The van der Waals surface area contributed by atoms with Gasteiger partial charge in [0.15, 0.2) is 11.6 Å². The first kappa shape index (κ1) is 21.7. The monoisotopic (exact) mass is 438 g/mol. The van der Waals surface area contributed by atoms with E-state index in [9.17, 15) is 9.18 Å². The Morgan fingerprint density at radius 2 is 2.19 bits per heavy atom. The number of aromatic nitrogens is 4. The second-order valence-electron chi connectivity index (χ2n) is 8.10. The van der Waals surface area contributed by atoms with Crippen LogP contribution in [0.4, 0.5) is 10.3 Å². The molecular formula is C23H27FN6O2. The number of carbonyl (C=O) groups is 1. The summed E-state index contributed by atoms with van der Waals surface area (Å²) in [6, 6.07) is 6.66. The number of nitrogens with zero attached hydrogens (tertiary/aromatic N) is 6. The highest BCUT2D eigenvalue weighted by Crippen LogP contribution is 2.35. The topological polar surface area (TPSA) is 76.4 Å². The molecule has 1 aliphatic heterocycles. The van der Waals surface area contributed by atoms with Crippen molar-refractivity contribution in [3.05, 3.63) is 54.4 Å². The Balaban J connectivity index is 1.65. The Morgan fingerprint density at radius 3 is 2.88 bits per heavy atom. The van der Waals surface area contributed by atoms with Gasteiger partial charge >= 0.3 is 0 Å². The quantitative estimate of drug-likeness (QED) is 0.589. The third kappa shape index (κ3) is 4.56. The summed E-state index contributed by atoms with van der Waals surface area (Å²) in [5.74, 6) is 0.378. The molecule has 0 bridgehead atoms. The number of rotatable bonds is 6. The van der Waals surface area contributed by atoms with Gasteiger partial charge in [0.25, 0.3) is 0 Å². The van der Waals surface area contributed by atoms with Gasteiger partial charge in [0, 0.05) is 57.3 Å². The molecule has 1 atom stereocenters. The summed E-state index contributed by atoms with van der Waals surface area (Å²) in [6.07, 6.45) is 6.94. The smallest absolute Gasteiger partial charge is 0.244 e. The van der Waals surface area contributed by atoms with Crippen LogP contribution in [0.5, 0.6) is 5.75 Å². The first-order valence-corrected chi connectivity index (χ1v) is 10.6. The van der Waals surface area contributed by atoms with E-state index in [2.05, 4.69) is 10.1 Å². The zero-order valence-electron chi connectivity index (χ0n) is 18.5. The predicted octanol–water partition coefficient (Wildman–Crippen LogP) is 2.96. The zero-order chi connectivity index (χ0) is 22.7. The van der Waals surface area contributed by atoms with Crippen molar-refractivity contribution < 1.29 is 13.9 Å². The lowest BCUT2D eigenvalue weighted by Gasteiger charge is -2.33. The number of hydrogen-bond donors (Lipinski definition) is 0. The van der Waals surface area contributed by atoms with E-state index in [1.54, 1.807) is 35.4 Å². The number of likely N-dealkylation sites (tertiary alicyclic amines) is 1. The predicted molar refractivity (Wildman–Crippen MR) is 119 cm³/mol. The van der Waals surface area contributed by atoms with Crippen LogP contribution >= 0.6 is 0 Å².